The van der Waals surface area contributed by atoms with E-state index in [-0.39, 0.29) is 24.3 Å². The average Bonchev–Trinajstić information content (AvgIpc) is 3.22. The first kappa shape index (κ1) is 15.3. The van der Waals surface area contributed by atoms with Crippen molar-refractivity contribution in [3.05, 3.63) is 0 Å². The van der Waals surface area contributed by atoms with Crippen molar-refractivity contribution >= 4 is 11.9 Å². The zero-order chi connectivity index (χ0) is 14.7. The van der Waals surface area contributed by atoms with Crippen LogP contribution in [0.25, 0.3) is 0 Å². The van der Waals surface area contributed by atoms with Crippen molar-refractivity contribution in [2.24, 2.45) is 23.5 Å². The molecular weight excluding hydrogens is 256 g/mol. The maximum Gasteiger partial charge on any atom is 0.303 e. The number of nitrogens with zero attached hydrogens (tertiary/aromatic N) is 1. The largest absolute Gasteiger partial charge is 0.481 e. The number of carboxylic acid groups (broad SMARTS) is 1. The van der Waals surface area contributed by atoms with E-state index in [9.17, 15) is 9.59 Å². The summed E-state index contributed by atoms with van der Waals surface area (Å²) in [5.41, 5.74) is 6.02. The third-order valence-electron chi connectivity index (χ3n) is 4.75. The molecule has 5 nitrogen and oxygen atoms in total. The van der Waals surface area contributed by atoms with Gasteiger partial charge in [0, 0.05) is 32.0 Å². The monoisotopic (exact) mass is 282 g/mol. The fraction of sp³-hybridized carbons (Fsp3) is 0.867. The van der Waals surface area contributed by atoms with E-state index in [0.717, 1.165) is 32.2 Å². The molecule has 1 aliphatic heterocycles. The molecule has 0 radical (unpaired) electrons. The van der Waals surface area contributed by atoms with E-state index in [0.29, 0.717) is 24.8 Å². The normalized spacial score (nSPS) is 26.1. The van der Waals surface area contributed by atoms with Crippen LogP contribution < -0.4 is 5.73 Å². The predicted octanol–water partition coefficient (Wildman–Crippen LogP) is 1.46. The zero-order valence-corrected chi connectivity index (χ0v) is 12.3. The smallest absolute Gasteiger partial charge is 0.303 e. The van der Waals surface area contributed by atoms with Gasteiger partial charge in [0.25, 0.3) is 0 Å². The molecule has 0 aromatic heterocycles. The van der Waals surface area contributed by atoms with Gasteiger partial charge in [-0.25, -0.2) is 0 Å². The molecule has 3 N–H and O–H groups in total. The van der Waals surface area contributed by atoms with Crippen LogP contribution in [0.5, 0.6) is 0 Å². The summed E-state index contributed by atoms with van der Waals surface area (Å²) in [6.07, 6.45) is 4.95. The Morgan fingerprint density at radius 2 is 1.95 bits per heavy atom. The van der Waals surface area contributed by atoms with E-state index >= 15 is 0 Å². The lowest BCUT2D eigenvalue weighted by atomic mass is 9.84. The van der Waals surface area contributed by atoms with Crippen molar-refractivity contribution in [1.82, 2.24) is 4.90 Å². The first-order valence-corrected chi connectivity index (χ1v) is 7.72. The fourth-order valence-electron chi connectivity index (χ4n) is 3.16. The first-order valence-electron chi connectivity index (χ1n) is 7.72. The molecule has 2 fully saturated rings. The van der Waals surface area contributed by atoms with Crippen LogP contribution in [0.1, 0.15) is 45.4 Å². The molecule has 3 atom stereocenters. The minimum absolute atomic E-state index is 0.0133. The minimum Gasteiger partial charge on any atom is -0.481 e. The summed E-state index contributed by atoms with van der Waals surface area (Å²) in [5.74, 6) is 0.375. The third kappa shape index (κ3) is 4.20. The van der Waals surface area contributed by atoms with Crippen molar-refractivity contribution in [3.8, 4) is 0 Å². The molecule has 0 spiro atoms. The molecule has 3 unspecified atom stereocenters. The molecule has 1 heterocycles. The number of piperidine rings is 1. The Labute approximate surface area is 120 Å². The second kappa shape index (κ2) is 6.57. The highest BCUT2D eigenvalue weighted by Gasteiger charge is 2.33. The van der Waals surface area contributed by atoms with Crippen LogP contribution in [0.2, 0.25) is 0 Å². The number of hydrogen-bond acceptors (Lipinski definition) is 3. The van der Waals surface area contributed by atoms with Gasteiger partial charge < -0.3 is 15.7 Å². The minimum atomic E-state index is -0.753. The van der Waals surface area contributed by atoms with E-state index < -0.39 is 5.97 Å². The van der Waals surface area contributed by atoms with Crippen LogP contribution >= 0.6 is 0 Å². The van der Waals surface area contributed by atoms with E-state index in [1.165, 1.54) is 0 Å². The van der Waals surface area contributed by atoms with Crippen LogP contribution in [0.15, 0.2) is 0 Å². The van der Waals surface area contributed by atoms with E-state index in [2.05, 4.69) is 0 Å². The topological polar surface area (TPSA) is 83.6 Å². The summed E-state index contributed by atoms with van der Waals surface area (Å²) in [6.45, 7) is 3.47. The molecule has 1 saturated carbocycles. The lowest BCUT2D eigenvalue weighted by molar-refractivity contribution is -0.138. The molecule has 0 aromatic rings. The molecule has 2 aliphatic rings. The number of likely N-dealkylation sites (tertiary alicyclic amines) is 1. The van der Waals surface area contributed by atoms with Crippen molar-refractivity contribution < 1.29 is 14.7 Å². The first-order chi connectivity index (χ1) is 9.47. The summed E-state index contributed by atoms with van der Waals surface area (Å²) in [5, 5.41) is 8.88. The van der Waals surface area contributed by atoms with Gasteiger partial charge in [-0.3, -0.25) is 9.59 Å². The molecule has 20 heavy (non-hydrogen) atoms. The van der Waals surface area contributed by atoms with E-state index in [1.54, 1.807) is 0 Å². The molecule has 0 aromatic carbocycles. The van der Waals surface area contributed by atoms with Gasteiger partial charge in [0.15, 0.2) is 0 Å². The zero-order valence-electron chi connectivity index (χ0n) is 12.3. The molecular formula is C15H26N2O3. The Kier molecular flexibility index (Phi) is 5.02. The summed E-state index contributed by atoms with van der Waals surface area (Å²) >= 11 is 0. The van der Waals surface area contributed by atoms with Gasteiger partial charge in [-0.15, -0.1) is 0 Å². The van der Waals surface area contributed by atoms with Crippen LogP contribution in [-0.4, -0.2) is 41.0 Å². The van der Waals surface area contributed by atoms with Gasteiger partial charge in [0.2, 0.25) is 5.91 Å². The molecule has 5 heteroatoms. The highest BCUT2D eigenvalue weighted by molar-refractivity contribution is 5.77. The maximum absolute atomic E-state index is 12.3. The Hall–Kier alpha value is -1.10. The van der Waals surface area contributed by atoms with Crippen molar-refractivity contribution in [2.75, 3.05) is 13.1 Å². The highest BCUT2D eigenvalue weighted by atomic mass is 16.4. The molecule has 1 amide bonds. The predicted molar refractivity (Wildman–Crippen MR) is 76.0 cm³/mol. The van der Waals surface area contributed by atoms with Gasteiger partial charge in [-0.2, -0.15) is 0 Å². The number of nitrogens with two attached hydrogens (primary N) is 1. The van der Waals surface area contributed by atoms with Crippen LogP contribution in [-0.2, 0) is 9.59 Å². The standard InChI is InChI=1S/C15H26N2O3/c1-10(7-15(19)20)12-3-2-6-17(9-12)14(18)8-13(16)11-4-5-11/h10-13H,2-9,16H2,1H3,(H,19,20). The summed E-state index contributed by atoms with van der Waals surface area (Å²) < 4.78 is 0. The Balaban J connectivity index is 1.82. The van der Waals surface area contributed by atoms with Crippen molar-refractivity contribution in [2.45, 2.75) is 51.5 Å². The van der Waals surface area contributed by atoms with Crippen molar-refractivity contribution in [1.29, 1.82) is 0 Å². The van der Waals surface area contributed by atoms with Gasteiger partial charge in [-0.05, 0) is 43.4 Å². The summed E-state index contributed by atoms with van der Waals surface area (Å²) in [6, 6.07) is 0.0133. The Bertz CT molecular complexity index is 368. The highest BCUT2D eigenvalue weighted by Crippen LogP contribution is 2.33. The summed E-state index contributed by atoms with van der Waals surface area (Å²) in [4.78, 5) is 25.0. The van der Waals surface area contributed by atoms with Gasteiger partial charge in [0.05, 0.1) is 0 Å². The second-order valence-corrected chi connectivity index (χ2v) is 6.52. The van der Waals surface area contributed by atoms with Crippen LogP contribution in [0, 0.1) is 17.8 Å². The average molecular weight is 282 g/mol. The molecule has 0 bridgehead atoms. The van der Waals surface area contributed by atoms with Gasteiger partial charge in [-0.1, -0.05) is 6.92 Å². The van der Waals surface area contributed by atoms with E-state index in [4.69, 9.17) is 10.8 Å². The number of rotatable bonds is 6. The van der Waals surface area contributed by atoms with Crippen LogP contribution in [0.3, 0.4) is 0 Å². The second-order valence-electron chi connectivity index (χ2n) is 6.52. The van der Waals surface area contributed by atoms with Gasteiger partial charge in [0.1, 0.15) is 0 Å². The lowest BCUT2D eigenvalue weighted by Gasteiger charge is -2.36. The lowest BCUT2D eigenvalue weighted by Crippen LogP contribution is -2.44. The molecule has 1 aliphatic carbocycles. The number of carboxylic acids is 1. The number of aliphatic carboxylic acids is 1. The SMILES string of the molecule is CC(CC(=O)O)C1CCCN(C(=O)CC(N)C2CC2)C1. The quantitative estimate of drug-likeness (QED) is 0.772. The molecule has 114 valence electrons. The maximum atomic E-state index is 12.3. The molecule has 1 saturated heterocycles. The van der Waals surface area contributed by atoms with Crippen molar-refractivity contribution in [3.63, 3.8) is 0 Å². The number of carbonyl (C=O) groups is 2. The fourth-order valence-corrected chi connectivity index (χ4v) is 3.16. The molecule has 2 rings (SSSR count). The van der Waals surface area contributed by atoms with Crippen LogP contribution in [0.4, 0.5) is 0 Å². The van der Waals surface area contributed by atoms with E-state index in [1.807, 2.05) is 11.8 Å². The Morgan fingerprint density at radius 1 is 1.25 bits per heavy atom. The number of amides is 1. The third-order valence-corrected chi connectivity index (χ3v) is 4.75. The Morgan fingerprint density at radius 3 is 2.55 bits per heavy atom. The van der Waals surface area contributed by atoms with Gasteiger partial charge >= 0.3 is 5.97 Å². The number of carbonyl (C=O) groups excluding carboxylic acids is 1. The summed E-state index contributed by atoms with van der Waals surface area (Å²) in [7, 11) is 0. The number of hydrogen-bond donors (Lipinski definition) is 2.